The molecule has 7 heteroatoms. The summed E-state index contributed by atoms with van der Waals surface area (Å²) in [6.07, 6.45) is 1.75. The van der Waals surface area contributed by atoms with Gasteiger partial charge in [0.1, 0.15) is 0 Å². The Labute approximate surface area is 185 Å². The summed E-state index contributed by atoms with van der Waals surface area (Å²) in [5, 5.41) is 8.50. The predicted octanol–water partition coefficient (Wildman–Crippen LogP) is 5.52. The summed E-state index contributed by atoms with van der Waals surface area (Å²) in [4.78, 5) is 21.3. The van der Waals surface area contributed by atoms with Crippen molar-refractivity contribution in [3.63, 3.8) is 0 Å². The number of aliphatic imine (C=N–C) groups is 1. The first-order valence-corrected chi connectivity index (χ1v) is 11.9. The molecule has 0 amide bonds. The second kappa shape index (κ2) is 9.18. The van der Waals surface area contributed by atoms with E-state index >= 15 is 0 Å². The smallest absolute Gasteiger partial charge is 0.218 e. The molecule has 1 atom stereocenters. The Kier molecular flexibility index (Phi) is 6.39. The molecule has 2 N–H and O–H groups in total. The second-order valence-electron chi connectivity index (χ2n) is 8.00. The van der Waals surface area contributed by atoms with E-state index in [9.17, 15) is 4.79 Å². The van der Waals surface area contributed by atoms with Gasteiger partial charge in [-0.25, -0.2) is 9.98 Å². The Morgan fingerprint density at radius 3 is 2.77 bits per heavy atom. The Hall–Kier alpha value is -2.38. The van der Waals surface area contributed by atoms with Gasteiger partial charge in [0.25, 0.3) is 0 Å². The fraction of sp³-hybridized carbons (Fsp3) is 0.348. The van der Waals surface area contributed by atoms with Crippen molar-refractivity contribution in [1.29, 1.82) is 0 Å². The number of aryl methyl sites for hydroxylation is 1. The number of hydrogen-bond acceptors (Lipinski definition) is 6. The first-order valence-electron chi connectivity index (χ1n) is 10.2. The molecule has 0 spiro atoms. The maximum Gasteiger partial charge on any atom is 0.218 e. The first kappa shape index (κ1) is 20.9. The van der Waals surface area contributed by atoms with Crippen molar-refractivity contribution in [3.8, 4) is 0 Å². The third kappa shape index (κ3) is 5.21. The second-order valence-corrected chi connectivity index (χ2v) is 10.0. The number of nitrogens with one attached hydrogen (secondary N) is 2. The van der Waals surface area contributed by atoms with Crippen molar-refractivity contribution in [2.75, 3.05) is 11.9 Å². The molecule has 0 unspecified atom stereocenters. The Morgan fingerprint density at radius 2 is 2.00 bits per heavy atom. The predicted molar refractivity (Wildman–Crippen MR) is 129 cm³/mol. The monoisotopic (exact) mass is 438 g/mol. The highest BCUT2D eigenvalue weighted by Gasteiger charge is 2.30. The number of nitrogens with zero attached hydrogens (tertiary/aromatic N) is 2. The maximum atomic E-state index is 12.1. The van der Waals surface area contributed by atoms with Crippen LogP contribution in [0.15, 0.2) is 47.5 Å². The fourth-order valence-corrected chi connectivity index (χ4v) is 5.19. The number of thiazole rings is 1. The minimum atomic E-state index is -0.120. The van der Waals surface area contributed by atoms with Crippen LogP contribution in [-0.2, 0) is 11.2 Å². The van der Waals surface area contributed by atoms with E-state index in [2.05, 4.69) is 71.7 Å². The summed E-state index contributed by atoms with van der Waals surface area (Å²) in [6, 6.07) is 14.4. The van der Waals surface area contributed by atoms with Crippen LogP contribution in [0.1, 0.15) is 31.4 Å². The molecule has 1 aromatic heterocycles. The highest BCUT2D eigenvalue weighted by Crippen LogP contribution is 2.27. The summed E-state index contributed by atoms with van der Waals surface area (Å²) in [6.45, 7) is 7.18. The van der Waals surface area contributed by atoms with Crippen molar-refractivity contribution in [2.24, 2.45) is 10.9 Å². The zero-order valence-corrected chi connectivity index (χ0v) is 19.1. The molecule has 0 aliphatic carbocycles. The molecular weight excluding hydrogens is 412 g/mol. The van der Waals surface area contributed by atoms with Gasteiger partial charge in [-0.1, -0.05) is 43.4 Å². The van der Waals surface area contributed by atoms with Crippen LogP contribution in [0.25, 0.3) is 10.2 Å². The van der Waals surface area contributed by atoms with E-state index in [1.165, 1.54) is 27.6 Å². The lowest BCUT2D eigenvalue weighted by Crippen LogP contribution is -2.30. The van der Waals surface area contributed by atoms with Gasteiger partial charge in [-0.3, -0.25) is 4.79 Å². The van der Waals surface area contributed by atoms with E-state index < -0.39 is 0 Å². The Balaban J connectivity index is 1.31. The lowest BCUT2D eigenvalue weighted by molar-refractivity contribution is -0.112. The van der Waals surface area contributed by atoms with Crippen molar-refractivity contribution in [3.05, 3.63) is 53.6 Å². The summed E-state index contributed by atoms with van der Waals surface area (Å²) in [7, 11) is 0. The normalized spacial score (nSPS) is 17.8. The van der Waals surface area contributed by atoms with Crippen molar-refractivity contribution >= 4 is 54.4 Å². The first-order chi connectivity index (χ1) is 14.5. The van der Waals surface area contributed by atoms with Gasteiger partial charge in [0, 0.05) is 6.54 Å². The molecule has 156 valence electrons. The van der Waals surface area contributed by atoms with Crippen LogP contribution in [0.4, 0.5) is 10.8 Å². The SMILES string of the molecule is Cc1ccc2nc(NCCc3ccc(/N=C4/N[C@@H](CC(C)C)C(=O)S4)cc3)sc2c1. The number of benzene rings is 2. The van der Waals surface area contributed by atoms with E-state index in [0.717, 1.165) is 35.7 Å². The molecule has 1 aliphatic heterocycles. The minimum Gasteiger partial charge on any atom is -0.361 e. The molecule has 0 saturated carbocycles. The van der Waals surface area contributed by atoms with Crippen molar-refractivity contribution in [2.45, 2.75) is 39.7 Å². The lowest BCUT2D eigenvalue weighted by atomic mass is 10.1. The molecule has 0 bridgehead atoms. The number of carbonyl (C=O) groups is 1. The molecule has 0 radical (unpaired) electrons. The molecule has 3 aromatic rings. The quantitative estimate of drug-likeness (QED) is 0.508. The summed E-state index contributed by atoms with van der Waals surface area (Å²) in [5.41, 5.74) is 4.40. The highest BCUT2D eigenvalue weighted by atomic mass is 32.2. The number of aromatic nitrogens is 1. The van der Waals surface area contributed by atoms with Gasteiger partial charge in [-0.2, -0.15) is 0 Å². The average Bonchev–Trinajstić information content (AvgIpc) is 3.25. The van der Waals surface area contributed by atoms with E-state index in [1.807, 2.05) is 12.1 Å². The molecule has 30 heavy (non-hydrogen) atoms. The van der Waals surface area contributed by atoms with Crippen LogP contribution < -0.4 is 10.6 Å². The third-order valence-electron chi connectivity index (χ3n) is 4.89. The number of amidine groups is 1. The van der Waals surface area contributed by atoms with Crippen molar-refractivity contribution < 1.29 is 4.79 Å². The van der Waals surface area contributed by atoms with Gasteiger partial charge < -0.3 is 10.6 Å². The van der Waals surface area contributed by atoms with Gasteiger partial charge in [-0.15, -0.1) is 0 Å². The largest absolute Gasteiger partial charge is 0.361 e. The van der Waals surface area contributed by atoms with Gasteiger partial charge in [0.2, 0.25) is 5.12 Å². The van der Waals surface area contributed by atoms with Gasteiger partial charge in [-0.05, 0) is 72.8 Å². The molecule has 5 nitrogen and oxygen atoms in total. The standard InChI is InChI=1S/C23H26N4OS2/c1-14(2)12-19-21(28)30-23(27-19)25-17-7-5-16(6-8-17)10-11-24-22-26-18-9-4-15(3)13-20(18)29-22/h4-9,13-14,19H,10-12H2,1-3H3,(H,24,26)(H,25,27)/t19-/m0/s1. The summed E-state index contributed by atoms with van der Waals surface area (Å²) >= 11 is 2.91. The topological polar surface area (TPSA) is 66.4 Å². The number of rotatable bonds is 7. The minimum absolute atomic E-state index is 0.120. The van der Waals surface area contributed by atoms with Crippen molar-refractivity contribution in [1.82, 2.24) is 10.3 Å². The molecular formula is C23H26N4OS2. The number of anilines is 1. The Morgan fingerprint density at radius 1 is 1.20 bits per heavy atom. The van der Waals surface area contributed by atoms with E-state index in [1.54, 1.807) is 11.3 Å². The molecule has 4 rings (SSSR count). The zero-order chi connectivity index (χ0) is 21.1. The summed E-state index contributed by atoms with van der Waals surface area (Å²) < 4.78 is 1.22. The molecule has 2 heterocycles. The zero-order valence-electron chi connectivity index (χ0n) is 17.4. The highest BCUT2D eigenvalue weighted by molar-refractivity contribution is 8.27. The third-order valence-corrected chi connectivity index (χ3v) is 6.75. The number of hydrogen-bond donors (Lipinski definition) is 2. The van der Waals surface area contributed by atoms with Crippen LogP contribution >= 0.6 is 23.1 Å². The maximum absolute atomic E-state index is 12.1. The van der Waals surface area contributed by atoms with E-state index in [0.29, 0.717) is 11.1 Å². The average molecular weight is 439 g/mol. The summed E-state index contributed by atoms with van der Waals surface area (Å²) in [5.74, 6) is 0.478. The van der Waals surface area contributed by atoms with Crippen LogP contribution in [0.2, 0.25) is 0 Å². The number of thioether (sulfide) groups is 1. The Bertz CT molecular complexity index is 1070. The van der Waals surface area contributed by atoms with Gasteiger partial charge in [0.15, 0.2) is 10.3 Å². The number of fused-ring (bicyclic) bond motifs is 1. The lowest BCUT2D eigenvalue weighted by Gasteiger charge is -2.10. The van der Waals surface area contributed by atoms with Crippen LogP contribution in [0.3, 0.4) is 0 Å². The van der Waals surface area contributed by atoms with Crippen LogP contribution in [-0.4, -0.2) is 27.9 Å². The van der Waals surface area contributed by atoms with E-state index in [-0.39, 0.29) is 11.2 Å². The van der Waals surface area contributed by atoms with Gasteiger partial charge >= 0.3 is 0 Å². The molecule has 2 aromatic carbocycles. The van der Waals surface area contributed by atoms with Crippen LogP contribution in [0.5, 0.6) is 0 Å². The molecule has 1 fully saturated rings. The number of carbonyl (C=O) groups excluding carboxylic acids is 1. The fourth-order valence-electron chi connectivity index (χ4n) is 3.36. The van der Waals surface area contributed by atoms with Gasteiger partial charge in [0.05, 0.1) is 21.9 Å². The van der Waals surface area contributed by atoms with Crippen LogP contribution in [0, 0.1) is 12.8 Å². The van der Waals surface area contributed by atoms with E-state index in [4.69, 9.17) is 0 Å². The molecule has 1 saturated heterocycles. The molecule has 1 aliphatic rings.